The van der Waals surface area contributed by atoms with Gasteiger partial charge in [-0.2, -0.15) is 5.10 Å². The third kappa shape index (κ3) is 4.32. The molecule has 1 amide bonds. The number of nitrogens with one attached hydrogen (secondary N) is 2. The molecule has 0 radical (unpaired) electrons. The molecule has 1 fully saturated rings. The molecular formula is C25H23N3O5. The van der Waals surface area contributed by atoms with Gasteiger partial charge in [0.15, 0.2) is 22.6 Å². The van der Waals surface area contributed by atoms with Crippen molar-refractivity contribution in [2.75, 3.05) is 19.5 Å². The summed E-state index contributed by atoms with van der Waals surface area (Å²) < 4.78 is 16.7. The van der Waals surface area contributed by atoms with Crippen LogP contribution in [-0.2, 0) is 11.2 Å². The number of benzene rings is 2. The minimum absolute atomic E-state index is 0.0671. The Balaban J connectivity index is 1.42. The average molecular weight is 445 g/mol. The number of H-pyrrole nitrogens is 1. The maximum absolute atomic E-state index is 12.9. The van der Waals surface area contributed by atoms with Gasteiger partial charge in [0.25, 0.3) is 0 Å². The number of hydrogen-bond donors (Lipinski definition) is 2. The van der Waals surface area contributed by atoms with Crippen molar-refractivity contribution in [3.8, 4) is 22.8 Å². The number of carbonyl (C=O) groups excluding carboxylic acids is 1. The highest BCUT2D eigenvalue weighted by Crippen LogP contribution is 2.39. The van der Waals surface area contributed by atoms with Gasteiger partial charge in [0.05, 0.1) is 26.0 Å². The van der Waals surface area contributed by atoms with Gasteiger partial charge in [0.1, 0.15) is 11.5 Å². The van der Waals surface area contributed by atoms with E-state index in [4.69, 9.17) is 13.9 Å². The summed E-state index contributed by atoms with van der Waals surface area (Å²) in [4.78, 5) is 25.5. The zero-order chi connectivity index (χ0) is 22.9. The highest BCUT2D eigenvalue weighted by Gasteiger charge is 2.25. The van der Waals surface area contributed by atoms with E-state index in [1.54, 1.807) is 31.4 Å². The third-order valence-corrected chi connectivity index (χ3v) is 5.70. The van der Waals surface area contributed by atoms with E-state index in [9.17, 15) is 9.59 Å². The smallest absolute Gasteiger partial charge is 0.229 e. The van der Waals surface area contributed by atoms with Crippen molar-refractivity contribution in [2.45, 2.75) is 25.2 Å². The van der Waals surface area contributed by atoms with Crippen molar-refractivity contribution >= 4 is 22.7 Å². The summed E-state index contributed by atoms with van der Waals surface area (Å²) >= 11 is 0. The van der Waals surface area contributed by atoms with Crippen LogP contribution in [-0.4, -0.2) is 30.3 Å². The summed E-state index contributed by atoms with van der Waals surface area (Å²) in [6.45, 7) is 0. The minimum atomic E-state index is -0.232. The highest BCUT2D eigenvalue weighted by atomic mass is 16.5. The fraction of sp³-hybridized carbons (Fsp3) is 0.240. The number of anilines is 1. The molecule has 2 aromatic heterocycles. The first-order valence-corrected chi connectivity index (χ1v) is 10.7. The molecule has 4 aromatic rings. The molecule has 2 N–H and O–H groups in total. The Morgan fingerprint density at radius 1 is 1.12 bits per heavy atom. The number of carbonyl (C=O) groups is 1. The first-order valence-electron chi connectivity index (χ1n) is 10.7. The number of hydrogen-bond acceptors (Lipinski definition) is 6. The normalized spacial score (nSPS) is 13.2. The van der Waals surface area contributed by atoms with E-state index in [0.717, 1.165) is 24.1 Å². The van der Waals surface area contributed by atoms with Crippen LogP contribution in [0.5, 0.6) is 11.5 Å². The second-order valence-electron chi connectivity index (χ2n) is 8.09. The SMILES string of the molecule is COc1ccc(-c2cc(=O)c3cc(CC(=O)Nc4cc(C5CC5)[nH]n4)cc(OC)c3o2)cc1. The quantitative estimate of drug-likeness (QED) is 0.440. The van der Waals surface area contributed by atoms with Crippen LogP contribution in [0.1, 0.15) is 30.0 Å². The average Bonchev–Trinajstić information content (AvgIpc) is 3.58. The third-order valence-electron chi connectivity index (χ3n) is 5.70. The molecule has 1 aliphatic rings. The largest absolute Gasteiger partial charge is 0.497 e. The molecular weight excluding hydrogens is 422 g/mol. The zero-order valence-corrected chi connectivity index (χ0v) is 18.3. The number of aromatic nitrogens is 2. The second-order valence-corrected chi connectivity index (χ2v) is 8.09. The van der Waals surface area contributed by atoms with Crippen LogP contribution >= 0.6 is 0 Å². The second kappa shape index (κ2) is 8.46. The van der Waals surface area contributed by atoms with Crippen LogP contribution in [0.15, 0.2) is 57.7 Å². The molecule has 8 heteroatoms. The monoisotopic (exact) mass is 445 g/mol. The Morgan fingerprint density at radius 2 is 1.91 bits per heavy atom. The Bertz CT molecular complexity index is 1380. The van der Waals surface area contributed by atoms with Gasteiger partial charge in [0, 0.05) is 29.3 Å². The Morgan fingerprint density at radius 3 is 2.61 bits per heavy atom. The van der Waals surface area contributed by atoms with Crippen LogP contribution in [0.3, 0.4) is 0 Å². The highest BCUT2D eigenvalue weighted by molar-refractivity contribution is 5.93. The lowest BCUT2D eigenvalue weighted by Crippen LogP contribution is -2.15. The molecule has 168 valence electrons. The molecule has 8 nitrogen and oxygen atoms in total. The van der Waals surface area contributed by atoms with Gasteiger partial charge in [-0.05, 0) is 54.8 Å². The van der Waals surface area contributed by atoms with Gasteiger partial charge in [-0.15, -0.1) is 0 Å². The molecule has 33 heavy (non-hydrogen) atoms. The van der Waals surface area contributed by atoms with Crippen molar-refractivity contribution in [1.29, 1.82) is 0 Å². The fourth-order valence-corrected chi connectivity index (χ4v) is 3.81. The summed E-state index contributed by atoms with van der Waals surface area (Å²) in [6.07, 6.45) is 2.36. The molecule has 5 rings (SSSR count). The Labute approximate surface area is 189 Å². The molecule has 2 aromatic carbocycles. The van der Waals surface area contributed by atoms with Crippen LogP contribution < -0.4 is 20.2 Å². The summed E-state index contributed by atoms with van der Waals surface area (Å²) in [5.41, 5.74) is 2.54. The maximum Gasteiger partial charge on any atom is 0.229 e. The van der Waals surface area contributed by atoms with Crippen LogP contribution in [0, 0.1) is 0 Å². The van der Waals surface area contributed by atoms with E-state index in [1.807, 2.05) is 18.2 Å². The Hall–Kier alpha value is -4.07. The lowest BCUT2D eigenvalue weighted by Gasteiger charge is -2.10. The predicted molar refractivity (Wildman–Crippen MR) is 124 cm³/mol. The van der Waals surface area contributed by atoms with Crippen molar-refractivity contribution in [2.24, 2.45) is 0 Å². The fourth-order valence-electron chi connectivity index (χ4n) is 3.81. The van der Waals surface area contributed by atoms with Crippen LogP contribution in [0.2, 0.25) is 0 Å². The van der Waals surface area contributed by atoms with E-state index in [-0.39, 0.29) is 17.8 Å². The number of ether oxygens (including phenoxy) is 2. The number of rotatable bonds is 7. The van der Waals surface area contributed by atoms with Gasteiger partial charge in [-0.3, -0.25) is 14.7 Å². The van der Waals surface area contributed by atoms with Crippen molar-refractivity contribution in [3.63, 3.8) is 0 Å². The summed E-state index contributed by atoms with van der Waals surface area (Å²) in [5.74, 6) is 2.31. The number of aromatic amines is 1. The van der Waals surface area contributed by atoms with Crippen LogP contribution in [0.25, 0.3) is 22.3 Å². The molecule has 1 saturated carbocycles. The molecule has 0 saturated heterocycles. The van der Waals surface area contributed by atoms with Crippen LogP contribution in [0.4, 0.5) is 5.82 Å². The molecule has 0 bridgehead atoms. The summed E-state index contributed by atoms with van der Waals surface area (Å²) in [7, 11) is 3.09. The minimum Gasteiger partial charge on any atom is -0.497 e. The van der Waals surface area contributed by atoms with E-state index in [2.05, 4.69) is 15.5 Å². The molecule has 1 aliphatic carbocycles. The first kappa shape index (κ1) is 20.8. The van der Waals surface area contributed by atoms with Gasteiger partial charge in [-0.1, -0.05) is 0 Å². The van der Waals surface area contributed by atoms with E-state index < -0.39 is 0 Å². The Kier molecular flexibility index (Phi) is 5.34. The van der Waals surface area contributed by atoms with Crippen molar-refractivity contribution in [3.05, 3.63) is 70.0 Å². The van der Waals surface area contributed by atoms with E-state index in [1.165, 1.54) is 13.2 Å². The number of nitrogens with zero attached hydrogens (tertiary/aromatic N) is 1. The molecule has 0 unspecified atom stereocenters. The van der Waals surface area contributed by atoms with Crippen molar-refractivity contribution < 1.29 is 18.7 Å². The molecule has 0 aliphatic heterocycles. The molecule has 2 heterocycles. The number of amides is 1. The van der Waals surface area contributed by atoms with Gasteiger partial charge < -0.3 is 19.2 Å². The molecule has 0 atom stereocenters. The topological polar surface area (TPSA) is 106 Å². The van der Waals surface area contributed by atoms with Gasteiger partial charge in [-0.25, -0.2) is 0 Å². The van der Waals surface area contributed by atoms with Gasteiger partial charge >= 0.3 is 0 Å². The number of fused-ring (bicyclic) bond motifs is 1. The number of methoxy groups -OCH3 is 2. The lowest BCUT2D eigenvalue weighted by atomic mass is 10.1. The summed E-state index contributed by atoms with van der Waals surface area (Å²) in [5, 5.41) is 10.3. The zero-order valence-electron chi connectivity index (χ0n) is 18.3. The van der Waals surface area contributed by atoms with Crippen molar-refractivity contribution in [1.82, 2.24) is 10.2 Å². The molecule has 0 spiro atoms. The van der Waals surface area contributed by atoms with E-state index >= 15 is 0 Å². The predicted octanol–water partition coefficient (Wildman–Crippen LogP) is 4.26. The maximum atomic E-state index is 12.9. The first-order chi connectivity index (χ1) is 16.0. The lowest BCUT2D eigenvalue weighted by molar-refractivity contribution is -0.115. The van der Waals surface area contributed by atoms with Gasteiger partial charge in [0.2, 0.25) is 5.91 Å². The summed E-state index contributed by atoms with van der Waals surface area (Å²) in [6, 6.07) is 13.9. The van der Waals surface area contributed by atoms with E-state index in [0.29, 0.717) is 45.5 Å². The standard InChI is InChI=1S/C25H23N3O5/c1-31-17-7-5-16(6-8-17)21-13-20(29)18-9-14(10-22(32-2)25(18)33-21)11-24(30)26-23-12-19(27-28-23)15-3-4-15/h5-10,12-13,15H,3-4,11H2,1-2H3,(H2,26,27,28,30).